The Kier molecular flexibility index (Phi) is 13.9. The third kappa shape index (κ3) is 14.0. The van der Waals surface area contributed by atoms with Gasteiger partial charge in [-0.2, -0.15) is 0 Å². The van der Waals surface area contributed by atoms with E-state index in [1.54, 1.807) is 6.92 Å². The highest BCUT2D eigenvalue weighted by Gasteiger charge is 2.17. The number of rotatable bonds is 14. The molecule has 7 heteroatoms. The molecule has 0 radical (unpaired) electrons. The SMILES string of the molecule is CCCCC(=O)OC(COC)COC(=O)OCCCCCC(C)=O. The molecule has 0 N–H and O–H groups in total. The minimum Gasteiger partial charge on any atom is -0.456 e. The van der Waals surface area contributed by atoms with Gasteiger partial charge in [0, 0.05) is 20.0 Å². The maximum atomic E-state index is 11.6. The van der Waals surface area contributed by atoms with Gasteiger partial charge in [-0.1, -0.05) is 13.3 Å². The van der Waals surface area contributed by atoms with Crippen LogP contribution >= 0.6 is 0 Å². The first kappa shape index (κ1) is 22.4. The lowest BCUT2D eigenvalue weighted by Crippen LogP contribution is -2.29. The molecule has 0 aliphatic carbocycles. The van der Waals surface area contributed by atoms with Gasteiger partial charge in [0.2, 0.25) is 0 Å². The molecule has 7 nitrogen and oxygen atoms in total. The Balaban J connectivity index is 3.84. The first-order valence-electron chi connectivity index (χ1n) is 8.47. The number of ketones is 1. The minimum atomic E-state index is -0.799. The van der Waals surface area contributed by atoms with Crippen LogP contribution in [0.5, 0.6) is 0 Å². The van der Waals surface area contributed by atoms with Crippen molar-refractivity contribution in [1.29, 1.82) is 0 Å². The summed E-state index contributed by atoms with van der Waals surface area (Å²) in [7, 11) is 1.48. The van der Waals surface area contributed by atoms with Crippen LogP contribution in [0.1, 0.15) is 58.8 Å². The van der Waals surface area contributed by atoms with Crippen molar-refractivity contribution >= 4 is 17.9 Å². The molecule has 0 saturated carbocycles. The Morgan fingerprint density at radius 3 is 2.29 bits per heavy atom. The number of esters is 1. The van der Waals surface area contributed by atoms with Crippen LogP contribution < -0.4 is 0 Å². The molecule has 0 aromatic rings. The number of carbonyl (C=O) groups excluding carboxylic acids is 3. The van der Waals surface area contributed by atoms with Crippen LogP contribution in [0.25, 0.3) is 0 Å². The topological polar surface area (TPSA) is 88.1 Å². The molecule has 0 heterocycles. The average molecular weight is 346 g/mol. The zero-order chi connectivity index (χ0) is 18.2. The van der Waals surface area contributed by atoms with Gasteiger partial charge in [-0.25, -0.2) is 4.79 Å². The second-order valence-corrected chi connectivity index (χ2v) is 5.59. The molecule has 0 rings (SSSR count). The standard InChI is InChI=1S/C17H30O7/c1-4-5-10-16(19)24-15(12-21-3)13-23-17(20)22-11-8-6-7-9-14(2)18/h15H,4-13H2,1-3H3. The van der Waals surface area contributed by atoms with Gasteiger partial charge in [-0.3, -0.25) is 4.79 Å². The average Bonchev–Trinajstić information content (AvgIpc) is 2.53. The fourth-order valence-electron chi connectivity index (χ4n) is 1.88. The Morgan fingerprint density at radius 2 is 1.67 bits per heavy atom. The summed E-state index contributed by atoms with van der Waals surface area (Å²) in [5, 5.41) is 0. The van der Waals surface area contributed by atoms with Crippen molar-refractivity contribution in [3.8, 4) is 0 Å². The van der Waals surface area contributed by atoms with Crippen molar-refractivity contribution < 1.29 is 33.3 Å². The highest BCUT2D eigenvalue weighted by atomic mass is 16.7. The van der Waals surface area contributed by atoms with Gasteiger partial charge in [0.05, 0.1) is 13.2 Å². The monoisotopic (exact) mass is 346 g/mol. The first-order chi connectivity index (χ1) is 11.5. The van der Waals surface area contributed by atoms with Crippen LogP contribution in [0.2, 0.25) is 0 Å². The summed E-state index contributed by atoms with van der Waals surface area (Å²) in [6.07, 6.45) is 3.38. The van der Waals surface area contributed by atoms with Gasteiger partial charge in [-0.15, -0.1) is 0 Å². The number of unbranched alkanes of at least 4 members (excludes halogenated alkanes) is 3. The van der Waals surface area contributed by atoms with Crippen molar-refractivity contribution in [1.82, 2.24) is 0 Å². The highest BCUT2D eigenvalue weighted by Crippen LogP contribution is 2.04. The molecule has 24 heavy (non-hydrogen) atoms. The number of ether oxygens (including phenoxy) is 4. The molecule has 0 bridgehead atoms. The second-order valence-electron chi connectivity index (χ2n) is 5.59. The van der Waals surface area contributed by atoms with Crippen LogP contribution in [0.4, 0.5) is 4.79 Å². The predicted molar refractivity (Wildman–Crippen MR) is 87.7 cm³/mol. The van der Waals surface area contributed by atoms with Crippen molar-refractivity contribution in [3.63, 3.8) is 0 Å². The molecule has 0 fully saturated rings. The molecule has 0 aromatic heterocycles. The van der Waals surface area contributed by atoms with Gasteiger partial charge >= 0.3 is 12.1 Å². The van der Waals surface area contributed by atoms with E-state index < -0.39 is 12.3 Å². The van der Waals surface area contributed by atoms with Crippen LogP contribution in [-0.4, -0.2) is 50.9 Å². The first-order valence-corrected chi connectivity index (χ1v) is 8.47. The van der Waals surface area contributed by atoms with Crippen molar-refractivity contribution in [2.75, 3.05) is 26.9 Å². The van der Waals surface area contributed by atoms with E-state index in [4.69, 9.17) is 18.9 Å². The Labute approximate surface area is 144 Å². The lowest BCUT2D eigenvalue weighted by Gasteiger charge is -2.17. The predicted octanol–water partition coefficient (Wildman–Crippen LogP) is 3.04. The number of hydrogen-bond acceptors (Lipinski definition) is 7. The zero-order valence-electron chi connectivity index (χ0n) is 15.0. The van der Waals surface area contributed by atoms with Gasteiger partial charge < -0.3 is 23.7 Å². The van der Waals surface area contributed by atoms with Crippen molar-refractivity contribution in [2.24, 2.45) is 0 Å². The third-order valence-corrected chi connectivity index (χ3v) is 3.17. The summed E-state index contributed by atoms with van der Waals surface area (Å²) in [4.78, 5) is 33.8. The minimum absolute atomic E-state index is 0.102. The summed E-state index contributed by atoms with van der Waals surface area (Å²) >= 11 is 0. The lowest BCUT2D eigenvalue weighted by atomic mass is 10.1. The van der Waals surface area contributed by atoms with E-state index in [-0.39, 0.29) is 31.6 Å². The summed E-state index contributed by atoms with van der Waals surface area (Å²) < 4.78 is 20.0. The van der Waals surface area contributed by atoms with E-state index >= 15 is 0 Å². The van der Waals surface area contributed by atoms with Crippen LogP contribution in [-0.2, 0) is 28.5 Å². The Hall–Kier alpha value is -1.63. The Morgan fingerprint density at radius 1 is 0.917 bits per heavy atom. The quantitative estimate of drug-likeness (QED) is 0.353. The van der Waals surface area contributed by atoms with E-state index in [1.165, 1.54) is 7.11 Å². The molecule has 0 aliphatic heterocycles. The fraction of sp³-hybridized carbons (Fsp3) is 0.824. The molecule has 140 valence electrons. The molecular weight excluding hydrogens is 316 g/mol. The number of hydrogen-bond donors (Lipinski definition) is 0. The number of carbonyl (C=O) groups is 3. The van der Waals surface area contributed by atoms with E-state index in [0.717, 1.165) is 25.7 Å². The third-order valence-electron chi connectivity index (χ3n) is 3.17. The molecule has 0 aromatic carbocycles. The van der Waals surface area contributed by atoms with Crippen LogP contribution in [0, 0.1) is 0 Å². The molecule has 0 aliphatic rings. The van der Waals surface area contributed by atoms with Gasteiger partial charge in [0.15, 0.2) is 6.10 Å². The second kappa shape index (κ2) is 14.9. The smallest absolute Gasteiger partial charge is 0.456 e. The van der Waals surface area contributed by atoms with E-state index in [2.05, 4.69) is 0 Å². The summed E-state index contributed by atoms with van der Waals surface area (Å²) in [5.41, 5.74) is 0. The van der Waals surface area contributed by atoms with Crippen LogP contribution in [0.15, 0.2) is 0 Å². The summed E-state index contributed by atoms with van der Waals surface area (Å²) in [5.74, 6) is -0.172. The van der Waals surface area contributed by atoms with Crippen molar-refractivity contribution in [2.45, 2.75) is 64.9 Å². The van der Waals surface area contributed by atoms with Gasteiger partial charge in [0.25, 0.3) is 0 Å². The molecule has 1 atom stereocenters. The fourth-order valence-corrected chi connectivity index (χ4v) is 1.88. The summed E-state index contributed by atoms with van der Waals surface area (Å²) in [6.45, 7) is 3.82. The maximum absolute atomic E-state index is 11.6. The highest BCUT2D eigenvalue weighted by molar-refractivity contribution is 5.75. The van der Waals surface area contributed by atoms with E-state index in [9.17, 15) is 14.4 Å². The van der Waals surface area contributed by atoms with Gasteiger partial charge in [0.1, 0.15) is 12.4 Å². The Bertz CT molecular complexity index is 368. The maximum Gasteiger partial charge on any atom is 0.508 e. The zero-order valence-corrected chi connectivity index (χ0v) is 15.0. The van der Waals surface area contributed by atoms with E-state index in [1.807, 2.05) is 6.92 Å². The molecule has 0 amide bonds. The van der Waals surface area contributed by atoms with Crippen molar-refractivity contribution in [3.05, 3.63) is 0 Å². The molecular formula is C17H30O7. The largest absolute Gasteiger partial charge is 0.508 e. The van der Waals surface area contributed by atoms with Crippen LogP contribution in [0.3, 0.4) is 0 Å². The molecule has 0 spiro atoms. The lowest BCUT2D eigenvalue weighted by molar-refractivity contribution is -0.154. The number of methoxy groups -OCH3 is 1. The van der Waals surface area contributed by atoms with E-state index in [0.29, 0.717) is 19.3 Å². The van der Waals surface area contributed by atoms with Gasteiger partial charge in [-0.05, 0) is 32.6 Å². The molecule has 1 unspecified atom stereocenters. The normalized spacial score (nSPS) is 11.6. The molecule has 0 saturated heterocycles. The number of Topliss-reactive ketones (excluding diaryl/α,β-unsaturated/α-hetero) is 1. The summed E-state index contributed by atoms with van der Waals surface area (Å²) in [6, 6.07) is 0.